The molecule has 94 valence electrons. The van der Waals surface area contributed by atoms with Crippen LogP contribution in [0.3, 0.4) is 0 Å². The number of rotatable bonds is 4. The van der Waals surface area contributed by atoms with Gasteiger partial charge in [-0.3, -0.25) is 0 Å². The van der Waals surface area contributed by atoms with Gasteiger partial charge in [0, 0.05) is 6.54 Å². The first-order valence-corrected chi connectivity index (χ1v) is 6.88. The third-order valence-electron chi connectivity index (χ3n) is 3.02. The fourth-order valence-electron chi connectivity index (χ4n) is 1.88. The van der Waals surface area contributed by atoms with Gasteiger partial charge in [0.05, 0.1) is 11.4 Å². The molecule has 18 heavy (non-hydrogen) atoms. The minimum absolute atomic E-state index is 0.481. The predicted molar refractivity (Wildman–Crippen MR) is 80.0 cm³/mol. The van der Waals surface area contributed by atoms with E-state index < -0.39 is 0 Å². The van der Waals surface area contributed by atoms with E-state index in [1.54, 1.807) is 0 Å². The van der Waals surface area contributed by atoms with Gasteiger partial charge in [-0.15, -0.1) is 0 Å². The number of hydrogen-bond acceptors (Lipinski definition) is 2. The first-order chi connectivity index (χ1) is 8.66. The maximum absolute atomic E-state index is 4.38. The Kier molecular flexibility index (Phi) is 4.37. The van der Waals surface area contributed by atoms with Gasteiger partial charge in [0.1, 0.15) is 4.60 Å². The van der Waals surface area contributed by atoms with E-state index in [2.05, 4.69) is 63.5 Å². The fourth-order valence-corrected chi connectivity index (χ4v) is 2.28. The Labute approximate surface area is 117 Å². The molecule has 2 aromatic rings. The molecule has 1 atom stereocenters. The molecule has 0 aliphatic heterocycles. The molecule has 1 aromatic carbocycles. The Morgan fingerprint density at radius 1 is 1.17 bits per heavy atom. The Bertz CT molecular complexity index is 511. The van der Waals surface area contributed by atoms with Crippen molar-refractivity contribution in [3.05, 3.63) is 58.3 Å². The van der Waals surface area contributed by atoms with Crippen LogP contribution in [0, 0.1) is 6.92 Å². The SMILES string of the molecule is Cc1nc(Br)ccc1NCC(C)c1ccccc1. The number of nitrogens with zero attached hydrogens (tertiary/aromatic N) is 1. The summed E-state index contributed by atoms with van der Waals surface area (Å²) in [5, 5.41) is 3.46. The number of halogens is 1. The van der Waals surface area contributed by atoms with E-state index in [0.29, 0.717) is 5.92 Å². The van der Waals surface area contributed by atoms with Crippen LogP contribution in [-0.2, 0) is 0 Å². The molecule has 0 aliphatic carbocycles. The molecular formula is C15H17BrN2. The lowest BCUT2D eigenvalue weighted by atomic mass is 10.0. The predicted octanol–water partition coefficient (Wildman–Crippen LogP) is 4.37. The molecule has 2 rings (SSSR count). The number of benzene rings is 1. The van der Waals surface area contributed by atoms with Crippen molar-refractivity contribution >= 4 is 21.6 Å². The highest BCUT2D eigenvalue weighted by Crippen LogP contribution is 2.19. The zero-order valence-corrected chi connectivity index (χ0v) is 12.2. The van der Waals surface area contributed by atoms with Crippen molar-refractivity contribution in [2.45, 2.75) is 19.8 Å². The van der Waals surface area contributed by atoms with Crippen molar-refractivity contribution in [3.63, 3.8) is 0 Å². The fraction of sp³-hybridized carbons (Fsp3) is 0.267. The van der Waals surface area contributed by atoms with Crippen LogP contribution in [-0.4, -0.2) is 11.5 Å². The molecular weight excluding hydrogens is 288 g/mol. The van der Waals surface area contributed by atoms with Crippen LogP contribution < -0.4 is 5.32 Å². The van der Waals surface area contributed by atoms with E-state index in [-0.39, 0.29) is 0 Å². The topological polar surface area (TPSA) is 24.9 Å². The summed E-state index contributed by atoms with van der Waals surface area (Å²) in [4.78, 5) is 4.38. The smallest absolute Gasteiger partial charge is 0.106 e. The molecule has 0 saturated carbocycles. The van der Waals surface area contributed by atoms with E-state index in [4.69, 9.17) is 0 Å². The highest BCUT2D eigenvalue weighted by Gasteiger charge is 2.06. The van der Waals surface area contributed by atoms with E-state index in [9.17, 15) is 0 Å². The third-order valence-corrected chi connectivity index (χ3v) is 3.46. The van der Waals surface area contributed by atoms with Gasteiger partial charge < -0.3 is 5.32 Å². The summed E-state index contributed by atoms with van der Waals surface area (Å²) in [6.45, 7) is 5.15. The summed E-state index contributed by atoms with van der Waals surface area (Å²) in [5.74, 6) is 0.481. The Balaban J connectivity index is 1.99. The first kappa shape index (κ1) is 13.1. The number of hydrogen-bond donors (Lipinski definition) is 1. The van der Waals surface area contributed by atoms with Gasteiger partial charge in [-0.05, 0) is 46.5 Å². The van der Waals surface area contributed by atoms with Crippen LogP contribution in [0.2, 0.25) is 0 Å². The Hall–Kier alpha value is -1.35. The van der Waals surface area contributed by atoms with Crippen molar-refractivity contribution in [3.8, 4) is 0 Å². The zero-order valence-electron chi connectivity index (χ0n) is 10.7. The van der Waals surface area contributed by atoms with Gasteiger partial charge in [0.25, 0.3) is 0 Å². The van der Waals surface area contributed by atoms with Crippen LogP contribution >= 0.6 is 15.9 Å². The van der Waals surface area contributed by atoms with Crippen LogP contribution in [0.25, 0.3) is 0 Å². The highest BCUT2D eigenvalue weighted by molar-refractivity contribution is 9.10. The minimum Gasteiger partial charge on any atom is -0.383 e. The third kappa shape index (κ3) is 3.33. The molecule has 2 nitrogen and oxygen atoms in total. The van der Waals surface area contributed by atoms with Crippen LogP contribution in [0.5, 0.6) is 0 Å². The second kappa shape index (κ2) is 6.01. The molecule has 0 saturated heterocycles. The van der Waals surface area contributed by atoms with Crippen molar-refractivity contribution in [1.29, 1.82) is 0 Å². The molecule has 0 spiro atoms. The molecule has 0 radical (unpaired) electrons. The maximum atomic E-state index is 4.38. The second-order valence-corrected chi connectivity index (χ2v) is 5.27. The van der Waals surface area contributed by atoms with Gasteiger partial charge in [0.15, 0.2) is 0 Å². The van der Waals surface area contributed by atoms with E-state index in [1.807, 2.05) is 19.1 Å². The minimum atomic E-state index is 0.481. The lowest BCUT2D eigenvalue weighted by molar-refractivity contribution is 0.803. The molecule has 0 amide bonds. The normalized spacial score (nSPS) is 12.2. The molecule has 0 fully saturated rings. The van der Waals surface area contributed by atoms with Crippen molar-refractivity contribution in [2.75, 3.05) is 11.9 Å². The molecule has 0 bridgehead atoms. The van der Waals surface area contributed by atoms with Gasteiger partial charge in [-0.1, -0.05) is 37.3 Å². The summed E-state index contributed by atoms with van der Waals surface area (Å²) in [7, 11) is 0. The largest absolute Gasteiger partial charge is 0.383 e. The molecule has 3 heteroatoms. The number of nitrogens with one attached hydrogen (secondary N) is 1. The van der Waals surface area contributed by atoms with Crippen LogP contribution in [0.4, 0.5) is 5.69 Å². The number of aryl methyl sites for hydroxylation is 1. The Morgan fingerprint density at radius 2 is 1.89 bits per heavy atom. The standard InChI is InChI=1S/C15H17BrN2/c1-11(13-6-4-3-5-7-13)10-17-14-8-9-15(16)18-12(14)2/h3-9,11,17H,10H2,1-2H3. The number of anilines is 1. The lowest BCUT2D eigenvalue weighted by Crippen LogP contribution is -2.11. The average Bonchev–Trinajstić information content (AvgIpc) is 2.38. The van der Waals surface area contributed by atoms with Crippen LogP contribution in [0.15, 0.2) is 47.1 Å². The molecule has 1 N–H and O–H groups in total. The second-order valence-electron chi connectivity index (χ2n) is 4.46. The number of pyridine rings is 1. The van der Waals surface area contributed by atoms with Crippen molar-refractivity contribution in [1.82, 2.24) is 4.98 Å². The van der Waals surface area contributed by atoms with Gasteiger partial charge in [-0.25, -0.2) is 4.98 Å². The number of aromatic nitrogens is 1. The molecule has 1 heterocycles. The van der Waals surface area contributed by atoms with E-state index in [1.165, 1.54) is 5.56 Å². The summed E-state index contributed by atoms with van der Waals surface area (Å²) < 4.78 is 0.877. The molecule has 0 aliphatic rings. The van der Waals surface area contributed by atoms with Crippen molar-refractivity contribution in [2.24, 2.45) is 0 Å². The van der Waals surface area contributed by atoms with Crippen LogP contribution in [0.1, 0.15) is 24.1 Å². The maximum Gasteiger partial charge on any atom is 0.106 e. The lowest BCUT2D eigenvalue weighted by Gasteiger charge is -2.15. The summed E-state index contributed by atoms with van der Waals surface area (Å²) in [5.41, 5.74) is 3.47. The van der Waals surface area contributed by atoms with E-state index >= 15 is 0 Å². The average molecular weight is 305 g/mol. The summed E-state index contributed by atoms with van der Waals surface area (Å²) >= 11 is 3.37. The zero-order chi connectivity index (χ0) is 13.0. The van der Waals surface area contributed by atoms with Gasteiger partial charge in [-0.2, -0.15) is 0 Å². The summed E-state index contributed by atoms with van der Waals surface area (Å²) in [6, 6.07) is 14.6. The highest BCUT2D eigenvalue weighted by atomic mass is 79.9. The monoisotopic (exact) mass is 304 g/mol. The first-order valence-electron chi connectivity index (χ1n) is 6.09. The summed E-state index contributed by atoms with van der Waals surface area (Å²) in [6.07, 6.45) is 0. The van der Waals surface area contributed by atoms with E-state index in [0.717, 1.165) is 22.5 Å². The molecule has 1 aromatic heterocycles. The van der Waals surface area contributed by atoms with Gasteiger partial charge >= 0.3 is 0 Å². The Morgan fingerprint density at radius 3 is 2.56 bits per heavy atom. The van der Waals surface area contributed by atoms with Crippen molar-refractivity contribution < 1.29 is 0 Å². The molecule has 1 unspecified atom stereocenters. The quantitative estimate of drug-likeness (QED) is 0.849. The van der Waals surface area contributed by atoms with Gasteiger partial charge in [0.2, 0.25) is 0 Å².